The second kappa shape index (κ2) is 13.6. The zero-order chi connectivity index (χ0) is 26.7. The molecule has 0 fully saturated rings. The van der Waals surface area contributed by atoms with Gasteiger partial charge >= 0.3 is 225 Å². The Morgan fingerprint density at radius 1 is 0.784 bits per heavy atom. The molecular weight excluding hydrogens is 473 g/mol. The number of allylic oxidation sites excluding steroid dienone is 1. The summed E-state index contributed by atoms with van der Waals surface area (Å²) in [5.41, 5.74) is 0.790. The number of benzene rings is 3. The Labute approximate surface area is 224 Å². The molecule has 4 heteroatoms. The van der Waals surface area contributed by atoms with E-state index >= 15 is 0 Å². The van der Waals surface area contributed by atoms with Crippen LogP contribution in [0.2, 0.25) is 0 Å². The van der Waals surface area contributed by atoms with E-state index in [1.54, 1.807) is 0 Å². The molecule has 0 spiro atoms. The van der Waals surface area contributed by atoms with Crippen molar-refractivity contribution in [3.05, 3.63) is 103 Å². The topological polar surface area (TPSA) is 29.5 Å². The number of nitrogens with zero attached hydrogens (tertiary/aromatic N) is 1. The van der Waals surface area contributed by atoms with Crippen LogP contribution < -0.4 is 15.9 Å². The van der Waals surface area contributed by atoms with Crippen molar-refractivity contribution >= 4 is 29.3 Å². The van der Waals surface area contributed by atoms with Crippen LogP contribution in [0.3, 0.4) is 0 Å². The Morgan fingerprint density at radius 2 is 1.24 bits per heavy atom. The van der Waals surface area contributed by atoms with Crippen molar-refractivity contribution < 1.29 is 9.53 Å². The molecule has 0 aliphatic rings. The SMILES string of the molecule is C/C=C(\C)CCN(CCCC[PH](c1ccccc1)(c1ccccc1)c1ccccc1)C(=O)OC(C)(C)C. The van der Waals surface area contributed by atoms with Crippen LogP contribution in [0.5, 0.6) is 0 Å². The number of amides is 1. The van der Waals surface area contributed by atoms with E-state index in [0.29, 0.717) is 13.1 Å². The summed E-state index contributed by atoms with van der Waals surface area (Å²) in [6.45, 7) is 11.3. The van der Waals surface area contributed by atoms with E-state index in [1.165, 1.54) is 21.5 Å². The third-order valence-electron chi connectivity index (χ3n) is 6.95. The molecule has 0 unspecified atom stereocenters. The van der Waals surface area contributed by atoms with Crippen LogP contribution in [0.1, 0.15) is 53.9 Å². The average Bonchev–Trinajstić information content (AvgIpc) is 2.90. The van der Waals surface area contributed by atoms with Gasteiger partial charge in [0.25, 0.3) is 0 Å². The van der Waals surface area contributed by atoms with Crippen molar-refractivity contribution in [3.63, 3.8) is 0 Å². The van der Waals surface area contributed by atoms with Crippen LogP contribution in [0.25, 0.3) is 0 Å². The van der Waals surface area contributed by atoms with Crippen molar-refractivity contribution in [2.45, 2.75) is 59.5 Å². The van der Waals surface area contributed by atoms with E-state index in [9.17, 15) is 4.79 Å². The minimum absolute atomic E-state index is 0.214. The first-order chi connectivity index (χ1) is 17.8. The van der Waals surface area contributed by atoms with E-state index in [2.05, 4.69) is 104 Å². The van der Waals surface area contributed by atoms with Gasteiger partial charge in [0.15, 0.2) is 0 Å². The Hall–Kier alpha value is -2.90. The molecule has 0 bridgehead atoms. The molecule has 3 aromatic rings. The fourth-order valence-corrected chi connectivity index (χ4v) is 9.80. The van der Waals surface area contributed by atoms with E-state index in [-0.39, 0.29) is 6.09 Å². The van der Waals surface area contributed by atoms with Crippen molar-refractivity contribution in [2.75, 3.05) is 19.3 Å². The second-order valence-electron chi connectivity index (χ2n) is 10.8. The molecule has 0 heterocycles. The molecular formula is C33H44NO2P. The Morgan fingerprint density at radius 3 is 1.65 bits per heavy atom. The molecule has 198 valence electrons. The fraction of sp³-hybridized carbons (Fsp3) is 0.364. The van der Waals surface area contributed by atoms with Gasteiger partial charge in [0.1, 0.15) is 0 Å². The summed E-state index contributed by atoms with van der Waals surface area (Å²) in [7, 11) is -2.25. The standard InChI is InChI=1S/C33H44NO2P/c1-6-28(2)24-26-34(32(35)36-33(3,4)5)25-16-17-27-37(29-18-10-7-11-19-29,30-20-12-8-13-21-30)31-22-14-9-15-23-31/h6-15,18-23,37H,16-17,24-27H2,1-5H3/b28-6+. The number of hydrogen-bond acceptors (Lipinski definition) is 2. The summed E-state index contributed by atoms with van der Waals surface area (Å²) in [6, 6.07) is 33.1. The van der Waals surface area contributed by atoms with Gasteiger partial charge in [0, 0.05) is 0 Å². The summed E-state index contributed by atoms with van der Waals surface area (Å²) in [4.78, 5) is 14.9. The summed E-state index contributed by atoms with van der Waals surface area (Å²) in [5, 5.41) is 4.29. The van der Waals surface area contributed by atoms with Crippen molar-refractivity contribution in [2.24, 2.45) is 0 Å². The number of ether oxygens (including phenoxy) is 1. The van der Waals surface area contributed by atoms with Crippen molar-refractivity contribution in [1.29, 1.82) is 0 Å². The Bertz CT molecular complexity index is 1020. The number of carbonyl (C=O) groups is 1. The first kappa shape index (κ1) is 28.7. The predicted octanol–water partition coefficient (Wildman–Crippen LogP) is 7.09. The number of hydrogen-bond donors (Lipinski definition) is 0. The summed E-state index contributed by atoms with van der Waals surface area (Å²) < 4.78 is 5.75. The molecule has 3 aromatic carbocycles. The Balaban J connectivity index is 1.85. The van der Waals surface area contributed by atoms with Crippen LogP contribution in [0, 0.1) is 0 Å². The third-order valence-corrected chi connectivity index (χ3v) is 12.0. The van der Waals surface area contributed by atoms with Gasteiger partial charge in [-0.05, 0) is 0 Å². The molecule has 37 heavy (non-hydrogen) atoms. The van der Waals surface area contributed by atoms with E-state index in [1.807, 2.05) is 32.6 Å². The first-order valence-corrected chi connectivity index (χ1v) is 15.7. The van der Waals surface area contributed by atoms with E-state index in [4.69, 9.17) is 4.74 Å². The average molecular weight is 518 g/mol. The van der Waals surface area contributed by atoms with E-state index < -0.39 is 12.9 Å². The van der Waals surface area contributed by atoms with Gasteiger partial charge < -0.3 is 0 Å². The third kappa shape index (κ3) is 8.04. The quantitative estimate of drug-likeness (QED) is 0.154. The summed E-state index contributed by atoms with van der Waals surface area (Å²) in [6.07, 6.45) is 5.83. The fourth-order valence-electron chi connectivity index (χ4n) is 4.87. The van der Waals surface area contributed by atoms with Crippen LogP contribution in [0.4, 0.5) is 4.79 Å². The molecule has 1 amide bonds. The van der Waals surface area contributed by atoms with Crippen LogP contribution >= 0.6 is 7.26 Å². The normalized spacial score (nSPS) is 12.7. The maximum atomic E-state index is 13.0. The molecule has 0 atom stereocenters. The molecule has 0 saturated heterocycles. The number of unbranched alkanes of at least 4 members (excludes halogenated alkanes) is 1. The van der Waals surface area contributed by atoms with Gasteiger partial charge in [0.2, 0.25) is 0 Å². The summed E-state index contributed by atoms with van der Waals surface area (Å²) in [5.74, 6) is 0. The first-order valence-electron chi connectivity index (χ1n) is 13.5. The van der Waals surface area contributed by atoms with Gasteiger partial charge in [-0.15, -0.1) is 0 Å². The second-order valence-corrected chi connectivity index (χ2v) is 14.9. The minimum atomic E-state index is -2.25. The van der Waals surface area contributed by atoms with Gasteiger partial charge in [-0.2, -0.15) is 0 Å². The Kier molecular flexibility index (Phi) is 10.5. The van der Waals surface area contributed by atoms with Gasteiger partial charge in [-0.1, -0.05) is 0 Å². The van der Waals surface area contributed by atoms with E-state index in [0.717, 1.165) is 25.4 Å². The zero-order valence-electron chi connectivity index (χ0n) is 23.2. The molecule has 0 saturated carbocycles. The van der Waals surface area contributed by atoms with Crippen LogP contribution in [-0.4, -0.2) is 35.8 Å². The summed E-state index contributed by atoms with van der Waals surface area (Å²) >= 11 is 0. The zero-order valence-corrected chi connectivity index (χ0v) is 24.2. The molecule has 0 aliphatic carbocycles. The molecule has 3 nitrogen and oxygen atoms in total. The van der Waals surface area contributed by atoms with Crippen molar-refractivity contribution in [3.8, 4) is 0 Å². The van der Waals surface area contributed by atoms with Crippen molar-refractivity contribution in [1.82, 2.24) is 4.90 Å². The molecule has 0 aromatic heterocycles. The maximum absolute atomic E-state index is 13.0. The molecule has 3 rings (SSSR count). The molecule has 0 radical (unpaired) electrons. The van der Waals surface area contributed by atoms with Crippen LogP contribution in [-0.2, 0) is 4.74 Å². The number of carbonyl (C=O) groups excluding carboxylic acids is 1. The molecule has 0 aliphatic heterocycles. The van der Waals surface area contributed by atoms with Gasteiger partial charge in [0.05, 0.1) is 0 Å². The number of rotatable bonds is 11. The van der Waals surface area contributed by atoms with Crippen LogP contribution in [0.15, 0.2) is 103 Å². The van der Waals surface area contributed by atoms with Gasteiger partial charge in [-0.3, -0.25) is 0 Å². The monoisotopic (exact) mass is 517 g/mol. The van der Waals surface area contributed by atoms with Gasteiger partial charge in [-0.25, -0.2) is 0 Å². The molecule has 0 N–H and O–H groups in total. The predicted molar refractivity (Wildman–Crippen MR) is 162 cm³/mol.